The van der Waals surface area contributed by atoms with Crippen molar-refractivity contribution >= 4 is 10.0 Å². The fourth-order valence-electron chi connectivity index (χ4n) is 2.10. The molecular formula is C14H20N4O2S. The minimum absolute atomic E-state index is 0.300. The molecule has 2 aromatic rings. The number of nitrogens with zero attached hydrogens (tertiary/aromatic N) is 2. The number of hydrogen-bond acceptors (Lipinski definition) is 4. The quantitative estimate of drug-likeness (QED) is 0.831. The molecule has 0 atom stereocenters. The molecule has 0 saturated heterocycles. The zero-order valence-electron chi connectivity index (χ0n) is 12.2. The Morgan fingerprint density at radius 1 is 1.33 bits per heavy atom. The predicted molar refractivity (Wildman–Crippen MR) is 81.2 cm³/mol. The van der Waals surface area contributed by atoms with Crippen molar-refractivity contribution in [3.05, 3.63) is 47.5 Å². The van der Waals surface area contributed by atoms with Gasteiger partial charge in [0.2, 0.25) is 10.0 Å². The number of aromatic nitrogens is 2. The average Bonchev–Trinajstić information content (AvgIpc) is 2.94. The Labute approximate surface area is 125 Å². The first-order chi connectivity index (χ1) is 9.94. The molecule has 1 aromatic carbocycles. The summed E-state index contributed by atoms with van der Waals surface area (Å²) in [6, 6.07) is 3.56. The first kappa shape index (κ1) is 15.7. The van der Waals surface area contributed by atoms with Gasteiger partial charge in [-0.25, -0.2) is 18.1 Å². The maximum atomic E-state index is 12.4. The minimum Gasteiger partial charge on any atom is -0.336 e. The molecule has 114 valence electrons. The van der Waals surface area contributed by atoms with Gasteiger partial charge in [0.15, 0.2) is 0 Å². The van der Waals surface area contributed by atoms with Crippen LogP contribution in [0.2, 0.25) is 0 Å². The molecule has 0 radical (unpaired) electrons. The van der Waals surface area contributed by atoms with Gasteiger partial charge in [0, 0.05) is 32.0 Å². The van der Waals surface area contributed by atoms with Crippen LogP contribution in [-0.2, 0) is 23.1 Å². The fraction of sp³-hybridized carbons (Fsp3) is 0.357. The Bertz CT molecular complexity index is 709. The molecule has 6 nitrogen and oxygen atoms in total. The van der Waals surface area contributed by atoms with Gasteiger partial charge >= 0.3 is 0 Å². The van der Waals surface area contributed by atoms with Gasteiger partial charge in [-0.3, -0.25) is 0 Å². The van der Waals surface area contributed by atoms with E-state index in [9.17, 15) is 8.42 Å². The van der Waals surface area contributed by atoms with E-state index < -0.39 is 10.0 Å². The highest BCUT2D eigenvalue weighted by atomic mass is 32.2. The third-order valence-electron chi connectivity index (χ3n) is 3.43. The summed E-state index contributed by atoms with van der Waals surface area (Å²) in [5.41, 5.74) is 8.11. The van der Waals surface area contributed by atoms with E-state index in [1.807, 2.05) is 17.6 Å². The highest BCUT2D eigenvalue weighted by molar-refractivity contribution is 7.89. The summed E-state index contributed by atoms with van der Waals surface area (Å²) < 4.78 is 29.3. The van der Waals surface area contributed by atoms with Crippen LogP contribution < -0.4 is 10.5 Å². The number of nitrogens with one attached hydrogen (secondary N) is 1. The van der Waals surface area contributed by atoms with Crippen LogP contribution in [0.15, 0.2) is 35.7 Å². The lowest BCUT2D eigenvalue weighted by atomic mass is 10.1. The third-order valence-corrected chi connectivity index (χ3v) is 5.01. The maximum absolute atomic E-state index is 12.4. The summed E-state index contributed by atoms with van der Waals surface area (Å²) in [4.78, 5) is 4.22. The lowest BCUT2D eigenvalue weighted by Gasteiger charge is -2.13. The summed E-state index contributed by atoms with van der Waals surface area (Å²) in [5, 5.41) is 0. The first-order valence-corrected chi connectivity index (χ1v) is 8.18. The molecule has 3 N–H and O–H groups in total. The second-order valence-corrected chi connectivity index (χ2v) is 6.67. The topological polar surface area (TPSA) is 90.0 Å². The van der Waals surface area contributed by atoms with Crippen molar-refractivity contribution in [1.82, 2.24) is 14.3 Å². The van der Waals surface area contributed by atoms with Crippen LogP contribution in [0.1, 0.15) is 16.7 Å². The molecule has 0 bridgehead atoms. The molecule has 21 heavy (non-hydrogen) atoms. The zero-order valence-corrected chi connectivity index (χ0v) is 13.0. The minimum atomic E-state index is -3.54. The number of imidazole rings is 1. The highest BCUT2D eigenvalue weighted by Gasteiger charge is 2.18. The molecule has 0 aliphatic rings. The fourth-order valence-corrected chi connectivity index (χ4v) is 3.49. The normalized spacial score (nSPS) is 11.8. The van der Waals surface area contributed by atoms with Crippen LogP contribution in [0.5, 0.6) is 0 Å². The Morgan fingerprint density at radius 3 is 2.71 bits per heavy atom. The smallest absolute Gasteiger partial charge is 0.240 e. The van der Waals surface area contributed by atoms with E-state index in [1.165, 1.54) is 0 Å². The van der Waals surface area contributed by atoms with Crippen molar-refractivity contribution in [3.8, 4) is 0 Å². The lowest BCUT2D eigenvalue weighted by Crippen LogP contribution is -2.28. The first-order valence-electron chi connectivity index (χ1n) is 6.69. The molecule has 0 saturated carbocycles. The van der Waals surface area contributed by atoms with Crippen molar-refractivity contribution in [1.29, 1.82) is 0 Å². The summed E-state index contributed by atoms with van der Waals surface area (Å²) in [6.45, 7) is 4.86. The van der Waals surface area contributed by atoms with Gasteiger partial charge in [0.05, 0.1) is 11.2 Å². The summed E-state index contributed by atoms with van der Waals surface area (Å²) in [7, 11) is -3.54. The molecule has 0 unspecified atom stereocenters. The monoisotopic (exact) mass is 308 g/mol. The molecule has 2 rings (SSSR count). The molecule has 0 aliphatic carbocycles. The van der Waals surface area contributed by atoms with Crippen LogP contribution in [-0.4, -0.2) is 24.5 Å². The largest absolute Gasteiger partial charge is 0.336 e. The molecular weight excluding hydrogens is 288 g/mol. The SMILES string of the molecule is Cc1cc(CN)cc(S(=O)(=O)NCCn2ccnc2)c1C. The van der Waals surface area contributed by atoms with Gasteiger partial charge in [-0.1, -0.05) is 6.07 Å². The number of rotatable bonds is 6. The van der Waals surface area contributed by atoms with E-state index in [4.69, 9.17) is 5.73 Å². The van der Waals surface area contributed by atoms with E-state index >= 15 is 0 Å². The van der Waals surface area contributed by atoms with Crippen LogP contribution in [0.25, 0.3) is 0 Å². The number of sulfonamides is 1. The second kappa shape index (κ2) is 6.38. The number of hydrogen-bond donors (Lipinski definition) is 2. The van der Waals surface area contributed by atoms with E-state index in [2.05, 4.69) is 9.71 Å². The average molecular weight is 308 g/mol. The zero-order chi connectivity index (χ0) is 15.5. The van der Waals surface area contributed by atoms with E-state index in [0.717, 1.165) is 16.7 Å². The Hall–Kier alpha value is -1.70. The molecule has 1 heterocycles. The van der Waals surface area contributed by atoms with Gasteiger partial charge in [-0.2, -0.15) is 0 Å². The summed E-state index contributed by atoms with van der Waals surface area (Å²) in [6.07, 6.45) is 5.10. The standard InChI is InChI=1S/C14H20N4O2S/c1-11-7-13(9-15)8-14(12(11)2)21(19,20)17-4-6-18-5-3-16-10-18/h3,5,7-8,10,17H,4,6,9,15H2,1-2H3. The van der Waals surface area contributed by atoms with Crippen LogP contribution in [0.3, 0.4) is 0 Å². The van der Waals surface area contributed by atoms with E-state index in [1.54, 1.807) is 31.7 Å². The third kappa shape index (κ3) is 3.69. The van der Waals surface area contributed by atoms with Crippen molar-refractivity contribution in [2.75, 3.05) is 6.54 Å². The molecule has 0 aliphatic heterocycles. The lowest BCUT2D eigenvalue weighted by molar-refractivity contribution is 0.572. The Kier molecular flexibility index (Phi) is 4.76. The van der Waals surface area contributed by atoms with Crippen molar-refractivity contribution < 1.29 is 8.42 Å². The van der Waals surface area contributed by atoms with Crippen molar-refractivity contribution in [3.63, 3.8) is 0 Å². The van der Waals surface area contributed by atoms with Gasteiger partial charge in [0.1, 0.15) is 0 Å². The predicted octanol–water partition coefficient (Wildman–Crippen LogP) is 0.937. The van der Waals surface area contributed by atoms with E-state index in [0.29, 0.717) is 24.5 Å². The molecule has 0 amide bonds. The maximum Gasteiger partial charge on any atom is 0.240 e. The number of aryl methyl sites for hydroxylation is 1. The van der Waals surface area contributed by atoms with Crippen molar-refractivity contribution in [2.45, 2.75) is 31.8 Å². The Balaban J connectivity index is 2.17. The van der Waals surface area contributed by atoms with Gasteiger partial charge in [-0.15, -0.1) is 0 Å². The summed E-state index contributed by atoms with van der Waals surface area (Å²) >= 11 is 0. The molecule has 7 heteroatoms. The highest BCUT2D eigenvalue weighted by Crippen LogP contribution is 2.20. The van der Waals surface area contributed by atoms with Crippen LogP contribution >= 0.6 is 0 Å². The van der Waals surface area contributed by atoms with Gasteiger partial charge in [0.25, 0.3) is 0 Å². The number of nitrogens with two attached hydrogens (primary N) is 1. The second-order valence-electron chi connectivity index (χ2n) is 4.94. The van der Waals surface area contributed by atoms with Crippen molar-refractivity contribution in [2.24, 2.45) is 5.73 Å². The molecule has 1 aromatic heterocycles. The van der Waals surface area contributed by atoms with Gasteiger partial charge < -0.3 is 10.3 Å². The van der Waals surface area contributed by atoms with Crippen LogP contribution in [0.4, 0.5) is 0 Å². The van der Waals surface area contributed by atoms with E-state index in [-0.39, 0.29) is 0 Å². The van der Waals surface area contributed by atoms with Crippen LogP contribution in [0, 0.1) is 13.8 Å². The summed E-state index contributed by atoms with van der Waals surface area (Å²) in [5.74, 6) is 0. The Morgan fingerprint density at radius 2 is 2.10 bits per heavy atom. The molecule has 0 spiro atoms. The molecule has 0 fully saturated rings. The number of benzene rings is 1. The van der Waals surface area contributed by atoms with Gasteiger partial charge in [-0.05, 0) is 36.6 Å².